The van der Waals surface area contributed by atoms with E-state index in [2.05, 4.69) is 47.8 Å². The Hall–Kier alpha value is -1.31. The van der Waals surface area contributed by atoms with Crippen LogP contribution in [0, 0.1) is 0 Å². The van der Waals surface area contributed by atoms with Gasteiger partial charge in [-0.05, 0) is 49.1 Å². The summed E-state index contributed by atoms with van der Waals surface area (Å²) in [4.78, 5) is 0. The third-order valence-corrected chi connectivity index (χ3v) is 3.67. The van der Waals surface area contributed by atoms with E-state index in [4.69, 9.17) is 11.6 Å². The molecule has 0 heterocycles. The number of nitrogens with one attached hydrogen (secondary N) is 1. The first-order chi connectivity index (χ1) is 9.29. The molecule has 0 aliphatic rings. The SMILES string of the molecule is CNCC(CCc1ccc(Cl)cc1)c1ccccc1. The highest BCUT2D eigenvalue weighted by molar-refractivity contribution is 6.30. The molecule has 1 nitrogen and oxygen atoms in total. The predicted molar refractivity (Wildman–Crippen MR) is 82.9 cm³/mol. The van der Waals surface area contributed by atoms with Gasteiger partial charge in [0.1, 0.15) is 0 Å². The monoisotopic (exact) mass is 273 g/mol. The minimum atomic E-state index is 0.557. The Morgan fingerprint density at radius 1 is 1.00 bits per heavy atom. The van der Waals surface area contributed by atoms with Crippen molar-refractivity contribution in [3.63, 3.8) is 0 Å². The van der Waals surface area contributed by atoms with Gasteiger partial charge in [0.05, 0.1) is 0 Å². The van der Waals surface area contributed by atoms with Crippen LogP contribution in [-0.4, -0.2) is 13.6 Å². The number of hydrogen-bond acceptors (Lipinski definition) is 1. The minimum Gasteiger partial charge on any atom is -0.319 e. The van der Waals surface area contributed by atoms with Crippen LogP contribution in [0.25, 0.3) is 0 Å². The molecule has 2 aromatic carbocycles. The fourth-order valence-electron chi connectivity index (χ4n) is 2.35. The van der Waals surface area contributed by atoms with Crippen LogP contribution < -0.4 is 5.32 Å². The van der Waals surface area contributed by atoms with Crippen LogP contribution in [-0.2, 0) is 6.42 Å². The summed E-state index contributed by atoms with van der Waals surface area (Å²) >= 11 is 5.91. The first kappa shape index (κ1) is 14.1. The Kier molecular flexibility index (Phi) is 5.44. The molecule has 0 bridgehead atoms. The van der Waals surface area contributed by atoms with E-state index in [9.17, 15) is 0 Å². The lowest BCUT2D eigenvalue weighted by molar-refractivity contribution is 0.584. The van der Waals surface area contributed by atoms with E-state index in [0.29, 0.717) is 5.92 Å². The summed E-state index contributed by atoms with van der Waals surface area (Å²) in [5.41, 5.74) is 2.76. The second-order valence-corrected chi connectivity index (χ2v) is 5.27. The zero-order chi connectivity index (χ0) is 13.5. The van der Waals surface area contributed by atoms with Gasteiger partial charge in [-0.3, -0.25) is 0 Å². The van der Waals surface area contributed by atoms with Crippen LogP contribution in [0.4, 0.5) is 0 Å². The van der Waals surface area contributed by atoms with E-state index in [1.165, 1.54) is 11.1 Å². The summed E-state index contributed by atoms with van der Waals surface area (Å²) < 4.78 is 0. The molecule has 0 fully saturated rings. The fraction of sp³-hybridized carbons (Fsp3) is 0.294. The molecule has 1 unspecified atom stereocenters. The van der Waals surface area contributed by atoms with E-state index in [0.717, 1.165) is 24.4 Å². The number of benzene rings is 2. The summed E-state index contributed by atoms with van der Waals surface area (Å²) in [5.74, 6) is 0.557. The molecule has 19 heavy (non-hydrogen) atoms. The van der Waals surface area contributed by atoms with Crippen molar-refractivity contribution in [2.75, 3.05) is 13.6 Å². The van der Waals surface area contributed by atoms with Crippen molar-refractivity contribution in [1.82, 2.24) is 5.32 Å². The Labute approximate surface area is 120 Å². The zero-order valence-corrected chi connectivity index (χ0v) is 12.0. The Bertz CT molecular complexity index is 478. The molecule has 0 aliphatic carbocycles. The van der Waals surface area contributed by atoms with Gasteiger partial charge in [0.2, 0.25) is 0 Å². The molecule has 0 aromatic heterocycles. The molecular weight excluding hydrogens is 254 g/mol. The summed E-state index contributed by atoms with van der Waals surface area (Å²) in [6.45, 7) is 1.01. The van der Waals surface area contributed by atoms with Crippen molar-refractivity contribution in [1.29, 1.82) is 0 Å². The van der Waals surface area contributed by atoms with Crippen molar-refractivity contribution in [2.45, 2.75) is 18.8 Å². The number of hydrogen-bond donors (Lipinski definition) is 1. The van der Waals surface area contributed by atoms with Gasteiger partial charge in [-0.25, -0.2) is 0 Å². The molecule has 2 heteroatoms. The Morgan fingerprint density at radius 2 is 1.68 bits per heavy atom. The van der Waals surface area contributed by atoms with Gasteiger partial charge in [0.15, 0.2) is 0 Å². The number of aryl methyl sites for hydroxylation is 1. The topological polar surface area (TPSA) is 12.0 Å². The number of likely N-dealkylation sites (N-methyl/N-ethyl adjacent to an activating group) is 1. The first-order valence-corrected chi connectivity index (χ1v) is 7.11. The molecule has 0 saturated heterocycles. The average molecular weight is 274 g/mol. The van der Waals surface area contributed by atoms with E-state index < -0.39 is 0 Å². The maximum absolute atomic E-state index is 5.91. The van der Waals surface area contributed by atoms with Crippen LogP contribution in [0.2, 0.25) is 5.02 Å². The number of halogens is 1. The van der Waals surface area contributed by atoms with E-state index in [1.54, 1.807) is 0 Å². The molecule has 0 spiro atoms. The molecule has 0 saturated carbocycles. The van der Waals surface area contributed by atoms with Crippen molar-refractivity contribution < 1.29 is 0 Å². The Morgan fingerprint density at radius 3 is 2.32 bits per heavy atom. The molecule has 2 rings (SSSR count). The van der Waals surface area contributed by atoms with Crippen LogP contribution in [0.5, 0.6) is 0 Å². The fourth-order valence-corrected chi connectivity index (χ4v) is 2.48. The lowest BCUT2D eigenvalue weighted by atomic mass is 9.92. The van der Waals surface area contributed by atoms with Crippen LogP contribution >= 0.6 is 11.6 Å². The van der Waals surface area contributed by atoms with Gasteiger partial charge in [0, 0.05) is 11.6 Å². The molecule has 0 aliphatic heterocycles. The van der Waals surface area contributed by atoms with Crippen LogP contribution in [0.1, 0.15) is 23.5 Å². The Balaban J connectivity index is 1.99. The molecule has 100 valence electrons. The van der Waals surface area contributed by atoms with E-state index in [-0.39, 0.29) is 0 Å². The summed E-state index contributed by atoms with van der Waals surface area (Å²) in [7, 11) is 2.01. The first-order valence-electron chi connectivity index (χ1n) is 6.73. The quantitative estimate of drug-likeness (QED) is 0.829. The van der Waals surface area contributed by atoms with Crippen molar-refractivity contribution in [3.05, 3.63) is 70.7 Å². The second-order valence-electron chi connectivity index (χ2n) is 4.83. The van der Waals surface area contributed by atoms with Crippen molar-refractivity contribution in [2.24, 2.45) is 0 Å². The highest BCUT2D eigenvalue weighted by Gasteiger charge is 2.10. The highest BCUT2D eigenvalue weighted by Crippen LogP contribution is 2.21. The van der Waals surface area contributed by atoms with Gasteiger partial charge in [-0.1, -0.05) is 54.1 Å². The molecule has 2 aromatic rings. The van der Waals surface area contributed by atoms with Gasteiger partial charge < -0.3 is 5.32 Å². The summed E-state index contributed by atoms with van der Waals surface area (Å²) in [5, 5.41) is 4.09. The number of rotatable bonds is 6. The predicted octanol–water partition coefficient (Wildman–Crippen LogP) is 4.28. The zero-order valence-electron chi connectivity index (χ0n) is 11.3. The largest absolute Gasteiger partial charge is 0.319 e. The average Bonchev–Trinajstić information content (AvgIpc) is 2.46. The maximum Gasteiger partial charge on any atom is 0.0406 e. The molecule has 1 atom stereocenters. The summed E-state index contributed by atoms with van der Waals surface area (Å²) in [6.07, 6.45) is 2.23. The lowest BCUT2D eigenvalue weighted by Crippen LogP contribution is -2.17. The molecule has 0 amide bonds. The van der Waals surface area contributed by atoms with Gasteiger partial charge >= 0.3 is 0 Å². The third kappa shape index (κ3) is 4.38. The van der Waals surface area contributed by atoms with Crippen LogP contribution in [0.15, 0.2) is 54.6 Å². The van der Waals surface area contributed by atoms with Gasteiger partial charge in [-0.2, -0.15) is 0 Å². The smallest absolute Gasteiger partial charge is 0.0406 e. The molecule has 1 N–H and O–H groups in total. The van der Waals surface area contributed by atoms with Crippen LogP contribution in [0.3, 0.4) is 0 Å². The minimum absolute atomic E-state index is 0.557. The molecule has 0 radical (unpaired) electrons. The maximum atomic E-state index is 5.91. The standard InChI is InChI=1S/C17H20ClN/c1-19-13-16(15-5-3-2-4-6-15)10-7-14-8-11-17(18)12-9-14/h2-6,8-9,11-12,16,19H,7,10,13H2,1H3. The second kappa shape index (κ2) is 7.32. The normalized spacial score (nSPS) is 12.3. The lowest BCUT2D eigenvalue weighted by Gasteiger charge is -2.17. The van der Waals surface area contributed by atoms with Crippen molar-refractivity contribution >= 4 is 11.6 Å². The molecular formula is C17H20ClN. The third-order valence-electron chi connectivity index (χ3n) is 3.42. The highest BCUT2D eigenvalue weighted by atomic mass is 35.5. The summed E-state index contributed by atoms with van der Waals surface area (Å²) in [6, 6.07) is 18.9. The van der Waals surface area contributed by atoms with E-state index in [1.807, 2.05) is 19.2 Å². The van der Waals surface area contributed by atoms with Gasteiger partial charge in [0.25, 0.3) is 0 Å². The van der Waals surface area contributed by atoms with Gasteiger partial charge in [-0.15, -0.1) is 0 Å². The van der Waals surface area contributed by atoms with Crippen molar-refractivity contribution in [3.8, 4) is 0 Å². The van der Waals surface area contributed by atoms with E-state index >= 15 is 0 Å².